The second-order valence-electron chi connectivity index (χ2n) is 4.73. The molecule has 0 amide bonds. The number of nitrogens with zero attached hydrogens (tertiary/aromatic N) is 1. The summed E-state index contributed by atoms with van der Waals surface area (Å²) in [4.78, 5) is 12.7. The third-order valence-electron chi connectivity index (χ3n) is 3.17. The van der Waals surface area contributed by atoms with E-state index in [2.05, 4.69) is 17.4 Å². The Hall–Kier alpha value is -1.72. The van der Waals surface area contributed by atoms with E-state index in [1.54, 1.807) is 23.5 Å². The standard InChI is InChI=1S/C14H14N2O2S/c17-16(18)12-5-1-10(2-6-12)14-8-7-13(19-14)9-15-11-3-4-11/h1-2,5-8,11,15H,3-4,9H2. The van der Waals surface area contributed by atoms with Crippen molar-refractivity contribution >= 4 is 17.0 Å². The van der Waals surface area contributed by atoms with Crippen LogP contribution in [-0.4, -0.2) is 11.0 Å². The molecule has 1 saturated carbocycles. The summed E-state index contributed by atoms with van der Waals surface area (Å²) < 4.78 is 0. The fourth-order valence-electron chi connectivity index (χ4n) is 1.91. The molecule has 1 aromatic heterocycles. The number of hydrogen-bond acceptors (Lipinski definition) is 4. The van der Waals surface area contributed by atoms with E-state index in [9.17, 15) is 10.1 Å². The van der Waals surface area contributed by atoms with Crippen molar-refractivity contribution in [3.63, 3.8) is 0 Å². The van der Waals surface area contributed by atoms with Crippen LogP contribution in [0.5, 0.6) is 0 Å². The van der Waals surface area contributed by atoms with Crippen LogP contribution in [0.3, 0.4) is 0 Å². The van der Waals surface area contributed by atoms with E-state index in [1.807, 2.05) is 12.1 Å². The quantitative estimate of drug-likeness (QED) is 0.669. The highest BCUT2D eigenvalue weighted by atomic mass is 32.1. The fraction of sp³-hybridized carbons (Fsp3) is 0.286. The van der Waals surface area contributed by atoms with Crippen LogP contribution in [0.15, 0.2) is 36.4 Å². The molecule has 1 N–H and O–H groups in total. The van der Waals surface area contributed by atoms with Crippen molar-refractivity contribution in [2.24, 2.45) is 0 Å². The van der Waals surface area contributed by atoms with Gasteiger partial charge in [-0.1, -0.05) is 0 Å². The van der Waals surface area contributed by atoms with Gasteiger partial charge in [-0.2, -0.15) is 0 Å². The summed E-state index contributed by atoms with van der Waals surface area (Å²) >= 11 is 1.74. The van der Waals surface area contributed by atoms with Gasteiger partial charge in [-0.3, -0.25) is 10.1 Å². The zero-order valence-corrected chi connectivity index (χ0v) is 11.2. The van der Waals surface area contributed by atoms with Crippen molar-refractivity contribution in [2.75, 3.05) is 0 Å². The summed E-state index contributed by atoms with van der Waals surface area (Å²) in [7, 11) is 0. The summed E-state index contributed by atoms with van der Waals surface area (Å²) in [6.45, 7) is 0.919. The number of non-ortho nitro benzene ring substituents is 1. The van der Waals surface area contributed by atoms with Gasteiger partial charge in [0.25, 0.3) is 5.69 Å². The SMILES string of the molecule is O=[N+]([O-])c1ccc(-c2ccc(CNC3CC3)s2)cc1. The normalized spacial score (nSPS) is 14.5. The lowest BCUT2D eigenvalue weighted by atomic mass is 10.2. The summed E-state index contributed by atoms with van der Waals surface area (Å²) in [6.07, 6.45) is 2.58. The second kappa shape index (κ2) is 5.11. The molecule has 0 saturated heterocycles. The zero-order chi connectivity index (χ0) is 13.2. The third kappa shape index (κ3) is 3.00. The van der Waals surface area contributed by atoms with Gasteiger partial charge in [0, 0.05) is 34.5 Å². The summed E-state index contributed by atoms with van der Waals surface area (Å²) in [5.41, 5.74) is 1.17. The Labute approximate surface area is 115 Å². The lowest BCUT2D eigenvalue weighted by Gasteiger charge is -1.99. The minimum absolute atomic E-state index is 0.135. The number of nitro benzene ring substituents is 1. The molecule has 0 aliphatic heterocycles. The Morgan fingerprint density at radius 3 is 2.58 bits per heavy atom. The highest BCUT2D eigenvalue weighted by Crippen LogP contribution is 2.30. The van der Waals surface area contributed by atoms with Gasteiger partial charge >= 0.3 is 0 Å². The van der Waals surface area contributed by atoms with Gasteiger partial charge in [0.1, 0.15) is 0 Å². The van der Waals surface area contributed by atoms with Crippen molar-refractivity contribution in [3.05, 3.63) is 51.4 Å². The Kier molecular flexibility index (Phi) is 3.31. The molecule has 5 heteroatoms. The van der Waals surface area contributed by atoms with Crippen molar-refractivity contribution in [1.82, 2.24) is 5.32 Å². The van der Waals surface area contributed by atoms with Crippen LogP contribution in [0, 0.1) is 10.1 Å². The van der Waals surface area contributed by atoms with Gasteiger partial charge in [-0.15, -0.1) is 11.3 Å². The molecule has 0 radical (unpaired) electrons. The largest absolute Gasteiger partial charge is 0.309 e. The van der Waals surface area contributed by atoms with Crippen molar-refractivity contribution in [1.29, 1.82) is 0 Å². The lowest BCUT2D eigenvalue weighted by molar-refractivity contribution is -0.384. The van der Waals surface area contributed by atoms with Gasteiger partial charge in [0.15, 0.2) is 0 Å². The summed E-state index contributed by atoms with van der Waals surface area (Å²) in [5, 5.41) is 14.1. The molecule has 98 valence electrons. The van der Waals surface area contributed by atoms with E-state index in [-0.39, 0.29) is 10.6 Å². The van der Waals surface area contributed by atoms with Crippen LogP contribution in [0.1, 0.15) is 17.7 Å². The van der Waals surface area contributed by atoms with E-state index in [1.165, 1.54) is 17.7 Å². The first-order chi connectivity index (χ1) is 9.22. The van der Waals surface area contributed by atoms with Crippen LogP contribution in [0.25, 0.3) is 10.4 Å². The molecule has 1 heterocycles. The van der Waals surface area contributed by atoms with Gasteiger partial charge in [-0.05, 0) is 42.7 Å². The highest BCUT2D eigenvalue weighted by molar-refractivity contribution is 7.15. The van der Waals surface area contributed by atoms with Crippen LogP contribution in [-0.2, 0) is 6.54 Å². The van der Waals surface area contributed by atoms with E-state index < -0.39 is 0 Å². The molecule has 3 rings (SSSR count). The minimum Gasteiger partial charge on any atom is -0.309 e. The van der Waals surface area contributed by atoms with Crippen LogP contribution >= 0.6 is 11.3 Å². The third-order valence-corrected chi connectivity index (χ3v) is 4.30. The maximum atomic E-state index is 10.6. The average molecular weight is 274 g/mol. The lowest BCUT2D eigenvalue weighted by Crippen LogP contribution is -2.14. The maximum Gasteiger partial charge on any atom is 0.269 e. The smallest absolute Gasteiger partial charge is 0.269 e. The topological polar surface area (TPSA) is 55.2 Å². The summed E-state index contributed by atoms with van der Waals surface area (Å²) in [5.74, 6) is 0. The minimum atomic E-state index is -0.372. The number of benzene rings is 1. The second-order valence-corrected chi connectivity index (χ2v) is 5.89. The Morgan fingerprint density at radius 1 is 1.21 bits per heavy atom. The molecule has 4 nitrogen and oxygen atoms in total. The Morgan fingerprint density at radius 2 is 1.95 bits per heavy atom. The molecule has 1 aliphatic rings. The Bertz CT molecular complexity index is 588. The fourth-order valence-corrected chi connectivity index (χ4v) is 2.87. The molecule has 0 spiro atoms. The van der Waals surface area contributed by atoms with Crippen LogP contribution in [0.4, 0.5) is 5.69 Å². The van der Waals surface area contributed by atoms with Crippen LogP contribution in [0.2, 0.25) is 0 Å². The first-order valence-electron chi connectivity index (χ1n) is 6.29. The maximum absolute atomic E-state index is 10.6. The molecule has 19 heavy (non-hydrogen) atoms. The summed E-state index contributed by atoms with van der Waals surface area (Å²) in [6, 6.07) is 11.6. The monoisotopic (exact) mass is 274 g/mol. The van der Waals surface area contributed by atoms with Gasteiger partial charge in [0.2, 0.25) is 0 Å². The molecule has 0 bridgehead atoms. The van der Waals surface area contributed by atoms with Gasteiger partial charge < -0.3 is 5.32 Å². The number of hydrogen-bond donors (Lipinski definition) is 1. The van der Waals surface area contributed by atoms with E-state index in [4.69, 9.17) is 0 Å². The predicted molar refractivity (Wildman–Crippen MR) is 76.3 cm³/mol. The van der Waals surface area contributed by atoms with E-state index in [0.717, 1.165) is 17.0 Å². The van der Waals surface area contributed by atoms with E-state index >= 15 is 0 Å². The van der Waals surface area contributed by atoms with E-state index in [0.29, 0.717) is 6.04 Å². The molecule has 1 aromatic carbocycles. The molecular formula is C14H14N2O2S. The van der Waals surface area contributed by atoms with Crippen molar-refractivity contribution < 1.29 is 4.92 Å². The molecule has 0 atom stereocenters. The highest BCUT2D eigenvalue weighted by Gasteiger charge is 2.20. The number of nitrogens with one attached hydrogen (secondary N) is 1. The number of thiophene rings is 1. The predicted octanol–water partition coefficient (Wildman–Crippen LogP) is 3.58. The average Bonchev–Trinajstić information content (AvgIpc) is 3.13. The van der Waals surface area contributed by atoms with Crippen LogP contribution < -0.4 is 5.32 Å². The van der Waals surface area contributed by atoms with Crippen molar-refractivity contribution in [2.45, 2.75) is 25.4 Å². The zero-order valence-electron chi connectivity index (χ0n) is 10.3. The van der Waals surface area contributed by atoms with Gasteiger partial charge in [-0.25, -0.2) is 0 Å². The molecule has 1 fully saturated rings. The van der Waals surface area contributed by atoms with Crippen molar-refractivity contribution in [3.8, 4) is 10.4 Å². The first-order valence-corrected chi connectivity index (χ1v) is 7.11. The molecule has 0 unspecified atom stereocenters. The molecule has 1 aliphatic carbocycles. The molecule has 2 aromatic rings. The first kappa shape index (κ1) is 12.3. The number of nitro groups is 1. The van der Waals surface area contributed by atoms with Gasteiger partial charge in [0.05, 0.1) is 4.92 Å². The number of rotatable bonds is 5. The Balaban J connectivity index is 1.71. The molecular weight excluding hydrogens is 260 g/mol.